The lowest BCUT2D eigenvalue weighted by Crippen LogP contribution is -2.17. The van der Waals surface area contributed by atoms with Crippen molar-refractivity contribution in [3.8, 4) is 11.4 Å². The SMILES string of the molecule is Cc1cc(/C=N/NC(=O)c2ccccc2)c(C)n1-c1ccc(O)cc1. The van der Waals surface area contributed by atoms with Crippen molar-refractivity contribution in [2.24, 2.45) is 5.10 Å². The van der Waals surface area contributed by atoms with E-state index in [1.54, 1.807) is 30.5 Å². The van der Waals surface area contributed by atoms with Crippen molar-refractivity contribution in [3.63, 3.8) is 0 Å². The number of carbonyl (C=O) groups is 1. The van der Waals surface area contributed by atoms with Crippen LogP contribution in [0.1, 0.15) is 27.3 Å². The monoisotopic (exact) mass is 333 g/mol. The fourth-order valence-corrected chi connectivity index (χ4v) is 2.73. The third-order valence-corrected chi connectivity index (χ3v) is 3.98. The molecule has 1 amide bonds. The molecule has 5 heteroatoms. The summed E-state index contributed by atoms with van der Waals surface area (Å²) >= 11 is 0. The maximum absolute atomic E-state index is 12.0. The van der Waals surface area contributed by atoms with Gasteiger partial charge in [-0.25, -0.2) is 5.43 Å². The molecular formula is C20H19N3O2. The van der Waals surface area contributed by atoms with E-state index >= 15 is 0 Å². The molecule has 25 heavy (non-hydrogen) atoms. The van der Waals surface area contributed by atoms with Crippen molar-refractivity contribution >= 4 is 12.1 Å². The molecule has 0 saturated heterocycles. The van der Waals surface area contributed by atoms with E-state index in [1.165, 1.54) is 0 Å². The number of phenolic OH excluding ortho intramolecular Hbond substituents is 1. The molecule has 0 aliphatic carbocycles. The van der Waals surface area contributed by atoms with Gasteiger partial charge in [-0.3, -0.25) is 4.79 Å². The number of hydrogen-bond donors (Lipinski definition) is 2. The van der Waals surface area contributed by atoms with Gasteiger partial charge in [-0.15, -0.1) is 0 Å². The highest BCUT2D eigenvalue weighted by Gasteiger charge is 2.09. The van der Waals surface area contributed by atoms with Gasteiger partial charge in [0.05, 0.1) is 6.21 Å². The first-order valence-corrected chi connectivity index (χ1v) is 7.93. The highest BCUT2D eigenvalue weighted by Crippen LogP contribution is 2.21. The minimum absolute atomic E-state index is 0.233. The minimum Gasteiger partial charge on any atom is -0.508 e. The van der Waals surface area contributed by atoms with Crippen LogP contribution in [-0.2, 0) is 0 Å². The average molecular weight is 333 g/mol. The van der Waals surface area contributed by atoms with Crippen molar-refractivity contribution in [2.45, 2.75) is 13.8 Å². The van der Waals surface area contributed by atoms with Gasteiger partial charge in [0.1, 0.15) is 5.75 Å². The first kappa shape index (κ1) is 16.5. The minimum atomic E-state index is -0.246. The fourth-order valence-electron chi connectivity index (χ4n) is 2.73. The lowest BCUT2D eigenvalue weighted by Gasteiger charge is -2.09. The van der Waals surface area contributed by atoms with Gasteiger partial charge in [0, 0.05) is 28.2 Å². The Bertz CT molecular complexity index is 910. The molecule has 1 heterocycles. The Morgan fingerprint density at radius 3 is 2.44 bits per heavy atom. The van der Waals surface area contributed by atoms with Crippen molar-refractivity contribution < 1.29 is 9.90 Å². The molecule has 2 aromatic carbocycles. The largest absolute Gasteiger partial charge is 0.508 e. The first-order chi connectivity index (χ1) is 12.1. The highest BCUT2D eigenvalue weighted by molar-refractivity contribution is 5.94. The molecule has 3 aromatic rings. The molecule has 2 N–H and O–H groups in total. The Hall–Kier alpha value is -3.34. The number of nitrogens with zero attached hydrogens (tertiary/aromatic N) is 2. The summed E-state index contributed by atoms with van der Waals surface area (Å²) < 4.78 is 2.07. The maximum Gasteiger partial charge on any atom is 0.271 e. The molecule has 0 saturated carbocycles. The van der Waals surface area contributed by atoms with Crippen LogP contribution >= 0.6 is 0 Å². The average Bonchev–Trinajstić information content (AvgIpc) is 2.90. The number of nitrogens with one attached hydrogen (secondary N) is 1. The van der Waals surface area contributed by atoms with Crippen LogP contribution < -0.4 is 5.43 Å². The van der Waals surface area contributed by atoms with Gasteiger partial charge in [-0.2, -0.15) is 5.10 Å². The Kier molecular flexibility index (Phi) is 4.66. The number of aromatic hydroxyl groups is 1. The van der Waals surface area contributed by atoms with Crippen LogP contribution in [0.2, 0.25) is 0 Å². The Labute approximate surface area is 146 Å². The maximum atomic E-state index is 12.0. The Balaban J connectivity index is 1.79. The van der Waals surface area contributed by atoms with Crippen molar-refractivity contribution in [1.82, 2.24) is 9.99 Å². The zero-order chi connectivity index (χ0) is 17.8. The molecule has 5 nitrogen and oxygen atoms in total. The van der Waals surface area contributed by atoms with Gasteiger partial charge in [0.25, 0.3) is 5.91 Å². The van der Waals surface area contributed by atoms with E-state index in [4.69, 9.17) is 0 Å². The molecule has 3 rings (SSSR count). The van der Waals surface area contributed by atoms with Crippen LogP contribution in [0, 0.1) is 13.8 Å². The van der Waals surface area contributed by atoms with Crippen LogP contribution in [0.15, 0.2) is 65.8 Å². The molecule has 0 aliphatic heterocycles. The topological polar surface area (TPSA) is 66.6 Å². The Morgan fingerprint density at radius 2 is 1.76 bits per heavy atom. The number of amides is 1. The van der Waals surface area contributed by atoms with Crippen molar-refractivity contribution in [2.75, 3.05) is 0 Å². The Morgan fingerprint density at radius 1 is 1.08 bits per heavy atom. The van der Waals surface area contributed by atoms with E-state index < -0.39 is 0 Å². The molecule has 0 atom stereocenters. The normalized spacial score (nSPS) is 11.0. The summed E-state index contributed by atoms with van der Waals surface area (Å²) in [6, 6.07) is 18.0. The number of aromatic nitrogens is 1. The standard InChI is InChI=1S/C20H19N3O2/c1-14-12-17(13-21-22-20(25)16-6-4-3-5-7-16)15(2)23(14)18-8-10-19(24)11-9-18/h3-13,24H,1-2H3,(H,22,25)/b21-13+. The van der Waals surface area contributed by atoms with Crippen LogP contribution in [-0.4, -0.2) is 21.8 Å². The zero-order valence-corrected chi connectivity index (χ0v) is 14.1. The summed E-state index contributed by atoms with van der Waals surface area (Å²) in [4.78, 5) is 12.0. The van der Waals surface area contributed by atoms with E-state index in [9.17, 15) is 9.90 Å². The zero-order valence-electron chi connectivity index (χ0n) is 14.1. The van der Waals surface area contributed by atoms with Gasteiger partial charge in [-0.1, -0.05) is 18.2 Å². The summed E-state index contributed by atoms with van der Waals surface area (Å²) in [6.07, 6.45) is 1.64. The predicted octanol–water partition coefficient (Wildman–Crippen LogP) is 3.56. The van der Waals surface area contributed by atoms with E-state index in [-0.39, 0.29) is 11.7 Å². The van der Waals surface area contributed by atoms with Gasteiger partial charge in [-0.05, 0) is 56.3 Å². The second-order valence-corrected chi connectivity index (χ2v) is 5.74. The highest BCUT2D eigenvalue weighted by atomic mass is 16.3. The summed E-state index contributed by atoms with van der Waals surface area (Å²) in [6.45, 7) is 3.99. The lowest BCUT2D eigenvalue weighted by atomic mass is 10.2. The van der Waals surface area contributed by atoms with Crippen LogP contribution in [0.4, 0.5) is 0 Å². The number of aryl methyl sites for hydroxylation is 1. The number of carbonyl (C=O) groups excluding carboxylic acids is 1. The predicted molar refractivity (Wildman–Crippen MR) is 98.4 cm³/mol. The quantitative estimate of drug-likeness (QED) is 0.566. The summed E-state index contributed by atoms with van der Waals surface area (Å²) in [5, 5.41) is 13.5. The number of hydrazone groups is 1. The second-order valence-electron chi connectivity index (χ2n) is 5.74. The van der Waals surface area contributed by atoms with Gasteiger partial charge >= 0.3 is 0 Å². The van der Waals surface area contributed by atoms with Crippen molar-refractivity contribution in [3.05, 3.63) is 83.2 Å². The van der Waals surface area contributed by atoms with E-state index in [1.807, 2.05) is 50.2 Å². The summed E-state index contributed by atoms with van der Waals surface area (Å²) in [5.74, 6) is -0.0131. The van der Waals surface area contributed by atoms with E-state index in [2.05, 4.69) is 15.1 Å². The lowest BCUT2D eigenvalue weighted by molar-refractivity contribution is 0.0955. The number of benzene rings is 2. The molecule has 0 unspecified atom stereocenters. The molecule has 126 valence electrons. The first-order valence-electron chi connectivity index (χ1n) is 7.93. The summed E-state index contributed by atoms with van der Waals surface area (Å²) in [7, 11) is 0. The molecule has 0 bridgehead atoms. The molecule has 0 spiro atoms. The smallest absolute Gasteiger partial charge is 0.271 e. The van der Waals surface area contributed by atoms with Crippen molar-refractivity contribution in [1.29, 1.82) is 0 Å². The van der Waals surface area contributed by atoms with Crippen LogP contribution in [0.3, 0.4) is 0 Å². The second kappa shape index (κ2) is 7.05. The van der Waals surface area contributed by atoms with Crippen LogP contribution in [0.5, 0.6) is 5.75 Å². The number of rotatable bonds is 4. The van der Waals surface area contributed by atoms with Crippen LogP contribution in [0.25, 0.3) is 5.69 Å². The van der Waals surface area contributed by atoms with E-state index in [0.717, 1.165) is 22.6 Å². The van der Waals surface area contributed by atoms with Gasteiger partial charge in [0.15, 0.2) is 0 Å². The number of phenols is 1. The fraction of sp³-hybridized carbons (Fsp3) is 0.100. The molecule has 0 fully saturated rings. The number of hydrogen-bond acceptors (Lipinski definition) is 3. The summed E-state index contributed by atoms with van der Waals surface area (Å²) in [5.41, 5.74) is 7.02. The van der Waals surface area contributed by atoms with E-state index in [0.29, 0.717) is 5.56 Å². The van der Waals surface area contributed by atoms with Gasteiger partial charge < -0.3 is 9.67 Å². The third-order valence-electron chi connectivity index (χ3n) is 3.98. The third kappa shape index (κ3) is 3.61. The molecule has 0 radical (unpaired) electrons. The molecular weight excluding hydrogens is 314 g/mol. The molecule has 0 aliphatic rings. The molecule has 1 aromatic heterocycles. The van der Waals surface area contributed by atoms with Gasteiger partial charge in [0.2, 0.25) is 0 Å².